The van der Waals surface area contributed by atoms with E-state index in [1.165, 1.54) is 6.92 Å². The molecule has 0 fully saturated rings. The van der Waals surface area contributed by atoms with E-state index in [2.05, 4.69) is 22.7 Å². The van der Waals surface area contributed by atoms with Gasteiger partial charge in [-0.25, -0.2) is 4.79 Å². The molecule has 0 spiro atoms. The van der Waals surface area contributed by atoms with Gasteiger partial charge in [0.15, 0.2) is 5.78 Å². The molecule has 0 N–H and O–H groups in total. The minimum Gasteiger partial charge on any atom is -0.341 e. The van der Waals surface area contributed by atoms with Gasteiger partial charge in [-0.05, 0) is 68.3 Å². The maximum atomic E-state index is 13.7. The Labute approximate surface area is 253 Å². The molecule has 0 saturated heterocycles. The fraction of sp³-hybridized carbons (Fsp3) is 0.235. The number of ketones is 2. The molecule has 0 aliphatic heterocycles. The molecule has 4 aromatic rings. The van der Waals surface area contributed by atoms with Crippen molar-refractivity contribution in [1.29, 1.82) is 0 Å². The molecule has 1 aliphatic rings. The van der Waals surface area contributed by atoms with Crippen LogP contribution in [0.25, 0.3) is 23.1 Å². The van der Waals surface area contributed by atoms with E-state index in [1.807, 2.05) is 73.7 Å². The minimum atomic E-state index is -0.593. The summed E-state index contributed by atoms with van der Waals surface area (Å²) in [4.78, 5) is 44.6. The Kier molecular flexibility index (Phi) is 9.09. The first kappa shape index (κ1) is 29.5. The molecular formula is C34H31ClN2O4S. The number of Topliss-reactive ketones (excluding diaryl/α,β-unsaturated/α-hetero) is 2. The Morgan fingerprint density at radius 2 is 1.83 bits per heavy atom. The number of aryl methyl sites for hydroxylation is 2. The molecule has 1 unspecified atom stereocenters. The number of thioether (sulfide) groups is 1. The molecule has 8 heteroatoms. The molecule has 6 nitrogen and oxygen atoms in total. The number of nitrogens with zero attached hydrogens (tertiary/aromatic N) is 2. The molecule has 42 heavy (non-hydrogen) atoms. The lowest BCUT2D eigenvalue weighted by Gasteiger charge is -2.14. The lowest BCUT2D eigenvalue weighted by Crippen LogP contribution is -2.34. The number of halogens is 1. The number of hydrogen-bond donors (Lipinski definition) is 0. The number of carbonyl (C=O) groups excluding carboxylic acids is 3. The Morgan fingerprint density at radius 3 is 2.55 bits per heavy atom. The molecule has 0 bridgehead atoms. The first-order valence-electron chi connectivity index (χ1n) is 13.9. The number of fused-ring (bicyclic) bond motifs is 3. The highest BCUT2D eigenvalue weighted by Gasteiger charge is 2.23. The number of rotatable bonds is 10. The maximum Gasteiger partial charge on any atom is 0.331 e. The molecule has 214 valence electrons. The van der Waals surface area contributed by atoms with Crippen molar-refractivity contribution < 1.29 is 19.2 Å². The van der Waals surface area contributed by atoms with E-state index < -0.39 is 5.97 Å². The van der Waals surface area contributed by atoms with Crippen molar-refractivity contribution in [2.45, 2.75) is 45.1 Å². The first-order chi connectivity index (χ1) is 20.3. The third-order valence-corrected chi connectivity index (χ3v) is 8.64. The largest absolute Gasteiger partial charge is 0.341 e. The highest BCUT2D eigenvalue weighted by Crippen LogP contribution is 2.23. The predicted molar refractivity (Wildman–Crippen MR) is 170 cm³/mol. The van der Waals surface area contributed by atoms with Gasteiger partial charge in [0.25, 0.3) is 0 Å². The average molecular weight is 599 g/mol. The van der Waals surface area contributed by atoms with Gasteiger partial charge in [0.05, 0.1) is 0 Å². The van der Waals surface area contributed by atoms with E-state index in [0.29, 0.717) is 29.2 Å². The third kappa shape index (κ3) is 6.27. The molecule has 0 radical (unpaired) electrons. The van der Waals surface area contributed by atoms with Crippen LogP contribution in [0.15, 0.2) is 76.8 Å². The molecule has 1 atom stereocenters. The summed E-state index contributed by atoms with van der Waals surface area (Å²) < 4.78 is 2.21. The molecular weight excluding hydrogens is 568 g/mol. The topological polar surface area (TPSA) is 77.7 Å². The Bertz CT molecular complexity index is 1840. The van der Waals surface area contributed by atoms with Gasteiger partial charge >= 0.3 is 5.97 Å². The molecule has 3 aromatic carbocycles. The molecule has 1 aliphatic carbocycles. The summed E-state index contributed by atoms with van der Waals surface area (Å²) in [6.07, 6.45) is 5.09. The van der Waals surface area contributed by atoms with E-state index in [0.717, 1.165) is 44.0 Å². The second-order valence-corrected chi connectivity index (χ2v) is 11.8. The SMILES string of the molecule is CCn1c2c(c3cc(C(=O)C(CCSc4ccc(Cl)cc4)=NOC(C)=O)ccc31)=CC(C(=O)c1ccccc1C)CC=2. The van der Waals surface area contributed by atoms with Gasteiger partial charge in [-0.3, -0.25) is 9.59 Å². The van der Waals surface area contributed by atoms with E-state index in [1.54, 1.807) is 17.8 Å². The van der Waals surface area contributed by atoms with Crippen molar-refractivity contribution in [2.75, 3.05) is 5.75 Å². The molecule has 5 rings (SSSR count). The van der Waals surface area contributed by atoms with Gasteiger partial charge in [0.1, 0.15) is 5.71 Å². The molecule has 1 heterocycles. The van der Waals surface area contributed by atoms with Crippen LogP contribution in [0.5, 0.6) is 0 Å². The number of benzene rings is 3. The quantitative estimate of drug-likeness (QED) is 0.0697. The monoisotopic (exact) mass is 598 g/mol. The second-order valence-electron chi connectivity index (χ2n) is 10.2. The molecule has 0 saturated carbocycles. The number of carbonyl (C=O) groups is 3. The Morgan fingerprint density at radius 1 is 1.07 bits per heavy atom. The molecule has 1 aromatic heterocycles. The van der Waals surface area contributed by atoms with Crippen molar-refractivity contribution in [3.05, 3.63) is 99.0 Å². The van der Waals surface area contributed by atoms with Crippen molar-refractivity contribution in [3.8, 4) is 0 Å². The van der Waals surface area contributed by atoms with Crippen molar-refractivity contribution in [2.24, 2.45) is 11.1 Å². The average Bonchev–Trinajstić information content (AvgIpc) is 3.31. The van der Waals surface area contributed by atoms with Crippen LogP contribution in [0.2, 0.25) is 5.02 Å². The van der Waals surface area contributed by atoms with Crippen molar-refractivity contribution in [1.82, 2.24) is 4.57 Å². The fourth-order valence-electron chi connectivity index (χ4n) is 5.30. The Balaban J connectivity index is 1.48. The van der Waals surface area contributed by atoms with Crippen LogP contribution in [0.4, 0.5) is 0 Å². The zero-order valence-corrected chi connectivity index (χ0v) is 25.3. The number of oxime groups is 1. The minimum absolute atomic E-state index is 0.0913. The van der Waals surface area contributed by atoms with Crippen LogP contribution < -0.4 is 10.6 Å². The van der Waals surface area contributed by atoms with Gasteiger partial charge in [-0.1, -0.05) is 53.2 Å². The van der Waals surface area contributed by atoms with E-state index in [9.17, 15) is 14.4 Å². The first-order valence-corrected chi connectivity index (χ1v) is 15.2. The van der Waals surface area contributed by atoms with Crippen LogP contribution >= 0.6 is 23.4 Å². The van der Waals surface area contributed by atoms with Gasteiger partial charge in [0, 0.05) is 74.1 Å². The lowest BCUT2D eigenvalue weighted by molar-refractivity contribution is -0.140. The number of hydrogen-bond acceptors (Lipinski definition) is 6. The third-order valence-electron chi connectivity index (χ3n) is 7.37. The van der Waals surface area contributed by atoms with E-state index in [4.69, 9.17) is 16.4 Å². The zero-order valence-electron chi connectivity index (χ0n) is 23.7. The highest BCUT2D eigenvalue weighted by molar-refractivity contribution is 7.99. The summed E-state index contributed by atoms with van der Waals surface area (Å²) in [7, 11) is 0. The van der Waals surface area contributed by atoms with Crippen LogP contribution in [0, 0.1) is 12.8 Å². The Hall–Kier alpha value is -3.94. The van der Waals surface area contributed by atoms with Gasteiger partial charge in [-0.2, -0.15) is 0 Å². The van der Waals surface area contributed by atoms with E-state index >= 15 is 0 Å². The summed E-state index contributed by atoms with van der Waals surface area (Å²) >= 11 is 7.54. The highest BCUT2D eigenvalue weighted by atomic mass is 35.5. The van der Waals surface area contributed by atoms with Crippen LogP contribution in [0.3, 0.4) is 0 Å². The fourth-order valence-corrected chi connectivity index (χ4v) is 6.29. The standard InChI is InChI=1S/C34H31ClN2O4S/c1-4-37-31-15-9-23(33(39)27-8-6-5-7-21(27)2)19-28(31)29-20-24(10-16-32(29)37)34(40)30(36-41-22(3)38)17-18-42-26-13-11-25(35)12-14-26/h5-8,10-16,19-20,23H,4,9,17-18H2,1-3H3. The second kappa shape index (κ2) is 12.9. The summed E-state index contributed by atoms with van der Waals surface area (Å²) in [5, 5.41) is 7.50. The van der Waals surface area contributed by atoms with Crippen LogP contribution in [-0.4, -0.2) is 33.6 Å². The van der Waals surface area contributed by atoms with Crippen molar-refractivity contribution in [3.63, 3.8) is 0 Å². The summed E-state index contributed by atoms with van der Waals surface area (Å²) in [5.41, 5.74) is 3.29. The smallest absolute Gasteiger partial charge is 0.331 e. The summed E-state index contributed by atoms with van der Waals surface area (Å²) in [5.74, 6) is -0.540. The van der Waals surface area contributed by atoms with E-state index in [-0.39, 0.29) is 23.2 Å². The van der Waals surface area contributed by atoms with Gasteiger partial charge in [0.2, 0.25) is 5.78 Å². The number of aromatic nitrogens is 1. The maximum absolute atomic E-state index is 13.7. The predicted octanol–water partition coefficient (Wildman–Crippen LogP) is 6.37. The van der Waals surface area contributed by atoms with Gasteiger partial charge in [-0.15, -0.1) is 11.8 Å². The summed E-state index contributed by atoms with van der Waals surface area (Å²) in [6, 6.07) is 20.7. The normalized spacial score (nSPS) is 14.6. The lowest BCUT2D eigenvalue weighted by atomic mass is 9.89. The van der Waals surface area contributed by atoms with Crippen LogP contribution in [-0.2, 0) is 16.2 Å². The zero-order chi connectivity index (χ0) is 29.8. The summed E-state index contributed by atoms with van der Waals surface area (Å²) in [6.45, 7) is 6.04. The van der Waals surface area contributed by atoms with Gasteiger partial charge < -0.3 is 9.40 Å². The molecule has 0 amide bonds. The van der Waals surface area contributed by atoms with Crippen molar-refractivity contribution >= 4 is 69.7 Å². The van der Waals surface area contributed by atoms with Crippen LogP contribution in [0.1, 0.15) is 53.0 Å².